The van der Waals surface area contributed by atoms with Crippen LogP contribution in [-0.2, 0) is 13.1 Å². The van der Waals surface area contributed by atoms with Crippen molar-refractivity contribution in [3.05, 3.63) is 47.3 Å². The number of pyridine rings is 1. The minimum Gasteiger partial charge on any atom is -0.298 e. The second-order valence-electron chi connectivity index (χ2n) is 4.53. The normalized spacial score (nSPS) is 10.8. The molecule has 0 saturated heterocycles. The van der Waals surface area contributed by atoms with E-state index in [0.29, 0.717) is 11.3 Å². The van der Waals surface area contributed by atoms with Crippen LogP contribution in [0, 0.1) is 11.7 Å². The molecule has 7 heteroatoms. The van der Waals surface area contributed by atoms with Gasteiger partial charge in [0.25, 0.3) is 0 Å². The summed E-state index contributed by atoms with van der Waals surface area (Å²) in [5, 5.41) is 11.4. The number of rotatable bonds is 4. The minimum absolute atomic E-state index is 0.604. The Hall–Kier alpha value is -2.28. The van der Waals surface area contributed by atoms with Gasteiger partial charge >= 0.3 is 0 Å². The fourth-order valence-corrected chi connectivity index (χ4v) is 2.26. The van der Waals surface area contributed by atoms with E-state index in [1.54, 1.807) is 12.4 Å². The van der Waals surface area contributed by atoms with E-state index < -0.39 is 0 Å². The number of aromatic amines is 1. The van der Waals surface area contributed by atoms with Gasteiger partial charge < -0.3 is 0 Å². The van der Waals surface area contributed by atoms with Crippen molar-refractivity contribution in [2.24, 2.45) is 0 Å². The summed E-state index contributed by atoms with van der Waals surface area (Å²) < 4.78 is 4.47. The topological polar surface area (TPSA) is 64.3 Å². The predicted octanol–water partition coefficient (Wildman–Crippen LogP) is 2.21. The Labute approximate surface area is 121 Å². The van der Waals surface area contributed by atoms with E-state index in [1.807, 2.05) is 40.7 Å². The van der Waals surface area contributed by atoms with Crippen molar-refractivity contribution in [3.8, 4) is 11.4 Å². The van der Waals surface area contributed by atoms with E-state index in [0.717, 1.165) is 23.5 Å². The maximum absolute atomic E-state index is 5.29. The summed E-state index contributed by atoms with van der Waals surface area (Å²) in [6.45, 7) is 3.48. The number of H-pyrrole nitrogens is 1. The first kappa shape index (κ1) is 12.7. The molecule has 0 aliphatic heterocycles. The zero-order valence-electron chi connectivity index (χ0n) is 11.0. The number of hydrogen-bond donors (Lipinski definition) is 1. The quantitative estimate of drug-likeness (QED) is 0.747. The van der Waals surface area contributed by atoms with Gasteiger partial charge in [0.15, 0.2) is 10.6 Å². The van der Waals surface area contributed by atoms with Crippen molar-refractivity contribution in [1.29, 1.82) is 0 Å². The Bertz CT molecular complexity index is 755. The third kappa shape index (κ3) is 2.53. The highest BCUT2D eigenvalue weighted by molar-refractivity contribution is 7.71. The molecule has 0 radical (unpaired) electrons. The zero-order chi connectivity index (χ0) is 13.9. The SMILES string of the molecule is Cc1cnn(CCn2c(-c3cccnc3)n[nH]c2=S)c1. The summed E-state index contributed by atoms with van der Waals surface area (Å²) in [6.07, 6.45) is 7.37. The molecule has 0 unspecified atom stereocenters. The number of nitrogens with one attached hydrogen (secondary N) is 1. The monoisotopic (exact) mass is 286 g/mol. The van der Waals surface area contributed by atoms with E-state index in [1.165, 1.54) is 0 Å². The Balaban J connectivity index is 1.86. The van der Waals surface area contributed by atoms with Crippen LogP contribution in [0.25, 0.3) is 11.4 Å². The van der Waals surface area contributed by atoms with Crippen LogP contribution in [-0.4, -0.2) is 29.5 Å². The zero-order valence-corrected chi connectivity index (χ0v) is 11.8. The van der Waals surface area contributed by atoms with E-state index in [9.17, 15) is 0 Å². The molecular formula is C13H14N6S. The smallest absolute Gasteiger partial charge is 0.195 e. The van der Waals surface area contributed by atoms with Crippen molar-refractivity contribution >= 4 is 12.2 Å². The van der Waals surface area contributed by atoms with Gasteiger partial charge in [-0.25, -0.2) is 0 Å². The standard InChI is InChI=1S/C13H14N6S/c1-10-7-15-18(9-10)5-6-19-12(16-17-13(19)20)11-3-2-4-14-8-11/h2-4,7-9H,5-6H2,1H3,(H,17,20). The summed E-state index contributed by atoms with van der Waals surface area (Å²) in [7, 11) is 0. The molecule has 0 spiro atoms. The van der Waals surface area contributed by atoms with Crippen LogP contribution in [0.2, 0.25) is 0 Å². The highest BCUT2D eigenvalue weighted by atomic mass is 32.1. The average molecular weight is 286 g/mol. The molecule has 3 heterocycles. The highest BCUT2D eigenvalue weighted by Gasteiger charge is 2.08. The van der Waals surface area contributed by atoms with Crippen molar-refractivity contribution < 1.29 is 0 Å². The summed E-state index contributed by atoms with van der Waals surface area (Å²) >= 11 is 5.29. The Kier molecular flexibility index (Phi) is 3.42. The lowest BCUT2D eigenvalue weighted by Crippen LogP contribution is -2.09. The van der Waals surface area contributed by atoms with Gasteiger partial charge in [-0.2, -0.15) is 10.2 Å². The van der Waals surface area contributed by atoms with Crippen molar-refractivity contribution in [3.63, 3.8) is 0 Å². The van der Waals surface area contributed by atoms with Gasteiger partial charge in [-0.15, -0.1) is 0 Å². The van der Waals surface area contributed by atoms with Gasteiger partial charge in [0.1, 0.15) is 0 Å². The lowest BCUT2D eigenvalue weighted by atomic mass is 10.3. The largest absolute Gasteiger partial charge is 0.298 e. The molecule has 0 aromatic carbocycles. The maximum atomic E-state index is 5.29. The summed E-state index contributed by atoms with van der Waals surface area (Å²) in [5.74, 6) is 0.798. The molecule has 3 rings (SSSR count). The van der Waals surface area contributed by atoms with Crippen LogP contribution in [0.3, 0.4) is 0 Å². The maximum Gasteiger partial charge on any atom is 0.195 e. The lowest BCUT2D eigenvalue weighted by molar-refractivity contribution is 0.532. The van der Waals surface area contributed by atoms with Gasteiger partial charge in [0.05, 0.1) is 12.7 Å². The first-order valence-electron chi connectivity index (χ1n) is 6.29. The summed E-state index contributed by atoms with van der Waals surface area (Å²) in [5.41, 5.74) is 2.09. The Morgan fingerprint density at radius 3 is 2.90 bits per heavy atom. The summed E-state index contributed by atoms with van der Waals surface area (Å²) in [6, 6.07) is 3.85. The van der Waals surface area contributed by atoms with Crippen molar-refractivity contribution in [2.75, 3.05) is 0 Å². The molecule has 0 bridgehead atoms. The molecule has 0 amide bonds. The second kappa shape index (κ2) is 5.38. The molecule has 0 aliphatic carbocycles. The third-order valence-corrected chi connectivity index (χ3v) is 3.30. The van der Waals surface area contributed by atoms with E-state index >= 15 is 0 Å². The van der Waals surface area contributed by atoms with E-state index in [2.05, 4.69) is 20.3 Å². The number of aryl methyl sites for hydroxylation is 2. The van der Waals surface area contributed by atoms with Crippen molar-refractivity contribution in [1.82, 2.24) is 29.5 Å². The predicted molar refractivity (Wildman–Crippen MR) is 77.6 cm³/mol. The molecule has 0 aliphatic rings. The molecule has 0 atom stereocenters. The van der Waals surface area contributed by atoms with Gasteiger partial charge in [-0.3, -0.25) is 19.3 Å². The first-order valence-corrected chi connectivity index (χ1v) is 6.69. The molecule has 6 nitrogen and oxygen atoms in total. The molecule has 0 fully saturated rings. The molecule has 102 valence electrons. The van der Waals surface area contributed by atoms with Gasteiger partial charge in [0.2, 0.25) is 0 Å². The van der Waals surface area contributed by atoms with Gasteiger partial charge in [0, 0.05) is 30.7 Å². The summed E-state index contributed by atoms with van der Waals surface area (Å²) in [4.78, 5) is 4.11. The van der Waals surface area contributed by atoms with Crippen LogP contribution < -0.4 is 0 Å². The minimum atomic E-state index is 0.604. The Morgan fingerprint density at radius 1 is 1.30 bits per heavy atom. The third-order valence-electron chi connectivity index (χ3n) is 2.99. The first-order chi connectivity index (χ1) is 9.74. The van der Waals surface area contributed by atoms with Crippen LogP contribution in [0.4, 0.5) is 0 Å². The number of nitrogens with zero attached hydrogens (tertiary/aromatic N) is 5. The van der Waals surface area contributed by atoms with Crippen LogP contribution in [0.15, 0.2) is 36.9 Å². The van der Waals surface area contributed by atoms with Gasteiger partial charge in [-0.1, -0.05) is 0 Å². The molecule has 3 aromatic heterocycles. The molecule has 3 aromatic rings. The molecule has 1 N–H and O–H groups in total. The Morgan fingerprint density at radius 2 is 2.20 bits per heavy atom. The number of hydrogen-bond acceptors (Lipinski definition) is 4. The fourth-order valence-electron chi connectivity index (χ4n) is 2.03. The molecule has 20 heavy (non-hydrogen) atoms. The molecular weight excluding hydrogens is 272 g/mol. The average Bonchev–Trinajstić information content (AvgIpc) is 3.04. The van der Waals surface area contributed by atoms with Crippen molar-refractivity contribution in [2.45, 2.75) is 20.0 Å². The second-order valence-corrected chi connectivity index (χ2v) is 4.91. The van der Waals surface area contributed by atoms with E-state index in [4.69, 9.17) is 12.2 Å². The van der Waals surface area contributed by atoms with Crippen LogP contribution in [0.1, 0.15) is 5.56 Å². The van der Waals surface area contributed by atoms with Crippen LogP contribution >= 0.6 is 12.2 Å². The van der Waals surface area contributed by atoms with E-state index in [-0.39, 0.29) is 0 Å². The highest BCUT2D eigenvalue weighted by Crippen LogP contribution is 2.15. The molecule has 0 saturated carbocycles. The van der Waals surface area contributed by atoms with Gasteiger partial charge in [-0.05, 0) is 36.8 Å². The van der Waals surface area contributed by atoms with Crippen LogP contribution in [0.5, 0.6) is 0 Å². The number of aromatic nitrogens is 6. The fraction of sp³-hybridized carbons (Fsp3) is 0.231. The lowest BCUT2D eigenvalue weighted by Gasteiger charge is -2.06.